The summed E-state index contributed by atoms with van der Waals surface area (Å²) in [6.07, 6.45) is 1.55. The summed E-state index contributed by atoms with van der Waals surface area (Å²) in [5.41, 5.74) is 2.24. The minimum absolute atomic E-state index is 0.113. The van der Waals surface area contributed by atoms with Crippen LogP contribution in [0.25, 0.3) is 5.82 Å². The van der Waals surface area contributed by atoms with Crippen molar-refractivity contribution >= 4 is 29.1 Å². The van der Waals surface area contributed by atoms with Crippen LogP contribution in [0.4, 0.5) is 5.69 Å². The van der Waals surface area contributed by atoms with Crippen molar-refractivity contribution in [1.29, 1.82) is 5.26 Å². The van der Waals surface area contributed by atoms with Crippen LogP contribution < -0.4 is 10.6 Å². The summed E-state index contributed by atoms with van der Waals surface area (Å²) in [6.45, 7) is 7.13. The number of anilines is 1. The first-order chi connectivity index (χ1) is 14.7. The Labute approximate surface area is 184 Å². The van der Waals surface area contributed by atoms with Gasteiger partial charge in [0, 0.05) is 12.2 Å². The van der Waals surface area contributed by atoms with E-state index in [0.717, 1.165) is 0 Å². The highest BCUT2D eigenvalue weighted by Gasteiger charge is 2.22. The molecule has 2 N–H and O–H groups in total. The Morgan fingerprint density at radius 1 is 1.19 bits per heavy atom. The number of nitriles is 1. The molecule has 0 aliphatic heterocycles. The number of carbonyl (C=O) groups is 2. The fraction of sp³-hybridized carbons (Fsp3) is 0.227. The van der Waals surface area contributed by atoms with E-state index in [2.05, 4.69) is 20.7 Å². The number of amides is 2. The van der Waals surface area contributed by atoms with E-state index in [9.17, 15) is 14.9 Å². The summed E-state index contributed by atoms with van der Waals surface area (Å²) in [4.78, 5) is 30.2. The number of nitrogens with one attached hydrogen (secondary N) is 2. The molecule has 31 heavy (non-hydrogen) atoms. The van der Waals surface area contributed by atoms with Gasteiger partial charge in [0.05, 0.1) is 33.6 Å². The molecule has 9 heteroatoms. The van der Waals surface area contributed by atoms with Crippen molar-refractivity contribution < 1.29 is 9.59 Å². The molecule has 8 nitrogen and oxygen atoms in total. The van der Waals surface area contributed by atoms with Crippen LogP contribution in [0.2, 0.25) is 5.02 Å². The van der Waals surface area contributed by atoms with Crippen LogP contribution in [0.5, 0.6) is 0 Å². The van der Waals surface area contributed by atoms with Crippen molar-refractivity contribution in [1.82, 2.24) is 20.1 Å². The van der Waals surface area contributed by atoms with E-state index in [1.165, 1.54) is 10.7 Å². The second-order valence-electron chi connectivity index (χ2n) is 7.30. The average molecular weight is 437 g/mol. The molecule has 0 saturated carbocycles. The molecular weight excluding hydrogens is 416 g/mol. The molecular formula is C22H21ClN6O2. The number of aryl methyl sites for hydroxylation is 2. The van der Waals surface area contributed by atoms with Crippen molar-refractivity contribution in [2.75, 3.05) is 5.32 Å². The number of hydrogen-bond acceptors (Lipinski definition) is 5. The molecule has 0 bridgehead atoms. The fourth-order valence-corrected chi connectivity index (χ4v) is 3.27. The largest absolute Gasteiger partial charge is 0.350 e. The molecule has 158 valence electrons. The summed E-state index contributed by atoms with van der Waals surface area (Å²) >= 11 is 6.24. The molecule has 2 amide bonds. The number of benzene rings is 1. The summed E-state index contributed by atoms with van der Waals surface area (Å²) in [7, 11) is 0. The standard InChI is InChI=1S/C22H21ClN6O2/c1-12(2)26-21(30)16-10-15(11-24)8-13(3)19(16)27-22(31)18-9-14(4)28-29(18)20-17(23)6-5-7-25-20/h5-10,12H,1-4H3,(H,26,30)(H,27,31). The maximum Gasteiger partial charge on any atom is 0.274 e. The maximum atomic E-state index is 13.2. The quantitative estimate of drug-likeness (QED) is 0.631. The first kappa shape index (κ1) is 22.0. The lowest BCUT2D eigenvalue weighted by molar-refractivity contribution is 0.0944. The van der Waals surface area contributed by atoms with E-state index in [-0.39, 0.29) is 23.2 Å². The molecule has 2 aromatic heterocycles. The highest BCUT2D eigenvalue weighted by Crippen LogP contribution is 2.25. The highest BCUT2D eigenvalue weighted by molar-refractivity contribution is 6.32. The Morgan fingerprint density at radius 2 is 1.94 bits per heavy atom. The molecule has 0 fully saturated rings. The third-order valence-electron chi connectivity index (χ3n) is 4.37. The first-order valence-electron chi connectivity index (χ1n) is 9.55. The van der Waals surface area contributed by atoms with Crippen LogP contribution in [-0.2, 0) is 0 Å². The molecule has 0 saturated heterocycles. The summed E-state index contributed by atoms with van der Waals surface area (Å²) in [5, 5.41) is 19.6. The normalized spacial score (nSPS) is 10.6. The second kappa shape index (κ2) is 8.98. The number of hydrogen-bond donors (Lipinski definition) is 2. The van der Waals surface area contributed by atoms with Crippen molar-refractivity contribution in [2.45, 2.75) is 33.7 Å². The van der Waals surface area contributed by atoms with Gasteiger partial charge in [0.1, 0.15) is 5.69 Å². The molecule has 0 spiro atoms. The minimum atomic E-state index is -0.492. The number of rotatable bonds is 5. The predicted octanol–water partition coefficient (Wildman–Crippen LogP) is 3.80. The van der Waals surface area contributed by atoms with Gasteiger partial charge in [0.2, 0.25) is 0 Å². The van der Waals surface area contributed by atoms with Crippen LogP contribution in [0.3, 0.4) is 0 Å². The molecule has 2 heterocycles. The van der Waals surface area contributed by atoms with Gasteiger partial charge in [-0.3, -0.25) is 9.59 Å². The van der Waals surface area contributed by atoms with Crippen molar-refractivity contribution in [2.24, 2.45) is 0 Å². The average Bonchev–Trinajstić information content (AvgIpc) is 3.10. The molecule has 0 radical (unpaired) electrons. The maximum absolute atomic E-state index is 13.2. The van der Waals surface area contributed by atoms with Crippen molar-refractivity contribution in [3.05, 3.63) is 69.6 Å². The SMILES string of the molecule is Cc1cc(C(=O)Nc2c(C)cc(C#N)cc2C(=O)NC(C)C)n(-c2ncccc2Cl)n1. The minimum Gasteiger partial charge on any atom is -0.350 e. The van der Waals surface area contributed by atoms with Gasteiger partial charge in [0.15, 0.2) is 5.82 Å². The lowest BCUT2D eigenvalue weighted by Gasteiger charge is -2.16. The highest BCUT2D eigenvalue weighted by atomic mass is 35.5. The lowest BCUT2D eigenvalue weighted by Crippen LogP contribution is -2.31. The fourth-order valence-electron chi connectivity index (χ4n) is 3.07. The molecule has 0 unspecified atom stereocenters. The van der Waals surface area contributed by atoms with E-state index >= 15 is 0 Å². The van der Waals surface area contributed by atoms with E-state index in [4.69, 9.17) is 11.6 Å². The Balaban J connectivity index is 2.05. The molecule has 0 aliphatic carbocycles. The van der Waals surface area contributed by atoms with Gasteiger partial charge in [-0.15, -0.1) is 0 Å². The summed E-state index contributed by atoms with van der Waals surface area (Å²) < 4.78 is 1.36. The van der Waals surface area contributed by atoms with Gasteiger partial charge in [-0.2, -0.15) is 10.4 Å². The second-order valence-corrected chi connectivity index (χ2v) is 7.71. The summed E-state index contributed by atoms with van der Waals surface area (Å²) in [5.74, 6) is -0.562. The Kier molecular flexibility index (Phi) is 6.37. The Morgan fingerprint density at radius 3 is 2.58 bits per heavy atom. The van der Waals surface area contributed by atoms with Gasteiger partial charge in [-0.25, -0.2) is 9.67 Å². The van der Waals surface area contributed by atoms with Crippen LogP contribution >= 0.6 is 11.6 Å². The number of pyridine rings is 1. The molecule has 3 rings (SSSR count). The zero-order valence-corrected chi connectivity index (χ0v) is 18.3. The molecule has 1 aromatic carbocycles. The molecule has 3 aromatic rings. The smallest absolute Gasteiger partial charge is 0.274 e. The van der Waals surface area contributed by atoms with Crippen LogP contribution in [-0.4, -0.2) is 32.6 Å². The number of aromatic nitrogens is 3. The molecule has 0 aliphatic rings. The van der Waals surface area contributed by atoms with Gasteiger partial charge in [0.25, 0.3) is 11.8 Å². The Hall–Kier alpha value is -3.70. The van der Waals surface area contributed by atoms with Crippen LogP contribution in [0.15, 0.2) is 36.5 Å². The molecule has 0 atom stereocenters. The van der Waals surface area contributed by atoms with E-state index in [1.807, 2.05) is 19.9 Å². The van der Waals surface area contributed by atoms with Gasteiger partial charge >= 0.3 is 0 Å². The number of carbonyl (C=O) groups excluding carboxylic acids is 2. The lowest BCUT2D eigenvalue weighted by atomic mass is 10.0. The van der Waals surface area contributed by atoms with Crippen molar-refractivity contribution in [3.63, 3.8) is 0 Å². The topological polar surface area (TPSA) is 113 Å². The van der Waals surface area contributed by atoms with Crippen LogP contribution in [0.1, 0.15) is 51.5 Å². The van der Waals surface area contributed by atoms with Gasteiger partial charge in [-0.1, -0.05) is 11.6 Å². The number of nitrogens with zero attached hydrogens (tertiary/aromatic N) is 4. The zero-order chi connectivity index (χ0) is 22.7. The van der Waals surface area contributed by atoms with Gasteiger partial charge < -0.3 is 10.6 Å². The Bertz CT molecular complexity index is 1210. The van der Waals surface area contributed by atoms with E-state index in [1.54, 1.807) is 44.3 Å². The van der Waals surface area contributed by atoms with Crippen LogP contribution in [0, 0.1) is 25.2 Å². The number of halogens is 1. The first-order valence-corrected chi connectivity index (χ1v) is 9.93. The van der Waals surface area contributed by atoms with Crippen molar-refractivity contribution in [3.8, 4) is 11.9 Å². The summed E-state index contributed by atoms with van der Waals surface area (Å²) in [6, 6.07) is 9.93. The monoisotopic (exact) mass is 436 g/mol. The zero-order valence-electron chi connectivity index (χ0n) is 17.5. The third kappa shape index (κ3) is 4.73. The van der Waals surface area contributed by atoms with E-state index < -0.39 is 5.91 Å². The van der Waals surface area contributed by atoms with E-state index in [0.29, 0.717) is 33.3 Å². The van der Waals surface area contributed by atoms with Gasteiger partial charge in [-0.05, 0) is 63.6 Å². The third-order valence-corrected chi connectivity index (χ3v) is 4.67. The predicted molar refractivity (Wildman–Crippen MR) is 118 cm³/mol.